The van der Waals surface area contributed by atoms with Crippen molar-refractivity contribution < 1.29 is 13.2 Å². The molecule has 1 unspecified atom stereocenters. The van der Waals surface area contributed by atoms with Crippen LogP contribution >= 0.6 is 11.6 Å². The Morgan fingerprint density at radius 1 is 1.25 bits per heavy atom. The fraction of sp³-hybridized carbons (Fsp3) is 0.571. The summed E-state index contributed by atoms with van der Waals surface area (Å²) in [5.41, 5.74) is 1.12. The molecule has 1 aromatic carbocycles. The van der Waals surface area contributed by atoms with Crippen LogP contribution in [0.15, 0.2) is 24.3 Å². The van der Waals surface area contributed by atoms with Crippen molar-refractivity contribution in [1.82, 2.24) is 10.2 Å². The lowest BCUT2D eigenvalue weighted by molar-refractivity contribution is -0.143. The van der Waals surface area contributed by atoms with Crippen LogP contribution in [-0.2, 0) is 6.54 Å². The zero-order valence-corrected chi connectivity index (χ0v) is 11.8. The fourth-order valence-electron chi connectivity index (χ4n) is 2.50. The lowest BCUT2D eigenvalue weighted by Gasteiger charge is -2.18. The third kappa shape index (κ3) is 5.31. The van der Waals surface area contributed by atoms with Crippen molar-refractivity contribution in [2.75, 3.05) is 26.2 Å². The quantitative estimate of drug-likeness (QED) is 0.898. The normalized spacial score (nSPS) is 20.5. The van der Waals surface area contributed by atoms with E-state index in [-0.39, 0.29) is 0 Å². The molecule has 1 fully saturated rings. The van der Waals surface area contributed by atoms with Gasteiger partial charge in [-0.2, -0.15) is 13.2 Å². The number of halogens is 4. The van der Waals surface area contributed by atoms with Gasteiger partial charge in [0.1, 0.15) is 0 Å². The summed E-state index contributed by atoms with van der Waals surface area (Å²) in [6, 6.07) is 7.55. The molecular weight excluding hydrogens is 289 g/mol. The Kier molecular flexibility index (Phi) is 5.29. The van der Waals surface area contributed by atoms with Crippen molar-refractivity contribution in [3.8, 4) is 0 Å². The van der Waals surface area contributed by atoms with E-state index in [4.69, 9.17) is 11.6 Å². The highest BCUT2D eigenvalue weighted by molar-refractivity contribution is 6.30. The number of nitrogens with one attached hydrogen (secondary N) is 1. The topological polar surface area (TPSA) is 15.3 Å². The zero-order valence-electron chi connectivity index (χ0n) is 11.1. The van der Waals surface area contributed by atoms with Crippen molar-refractivity contribution in [2.45, 2.75) is 19.1 Å². The number of likely N-dealkylation sites (tertiary alicyclic amines) is 1. The molecule has 1 N–H and O–H groups in total. The Balaban J connectivity index is 1.67. The fourth-order valence-corrected chi connectivity index (χ4v) is 2.63. The molecule has 0 aromatic heterocycles. The maximum absolute atomic E-state index is 12.3. The van der Waals surface area contributed by atoms with E-state index in [1.807, 2.05) is 24.3 Å². The SMILES string of the molecule is FC(F)(F)CN1CCC(CNCc2ccc(Cl)cc2)C1. The molecule has 1 aliphatic rings. The van der Waals surface area contributed by atoms with E-state index in [9.17, 15) is 13.2 Å². The number of hydrogen-bond donors (Lipinski definition) is 1. The maximum Gasteiger partial charge on any atom is 0.401 e. The first-order valence-corrected chi connectivity index (χ1v) is 7.04. The third-order valence-electron chi connectivity index (χ3n) is 3.45. The lowest BCUT2D eigenvalue weighted by atomic mass is 10.1. The minimum Gasteiger partial charge on any atom is -0.312 e. The Morgan fingerprint density at radius 2 is 1.95 bits per heavy atom. The van der Waals surface area contributed by atoms with Gasteiger partial charge in [-0.25, -0.2) is 0 Å². The van der Waals surface area contributed by atoms with Gasteiger partial charge in [0.15, 0.2) is 0 Å². The van der Waals surface area contributed by atoms with Gasteiger partial charge in [0, 0.05) is 18.1 Å². The summed E-state index contributed by atoms with van der Waals surface area (Å²) in [4.78, 5) is 1.48. The molecule has 1 aliphatic heterocycles. The van der Waals surface area contributed by atoms with Gasteiger partial charge in [0.2, 0.25) is 0 Å². The van der Waals surface area contributed by atoms with Gasteiger partial charge in [-0.3, -0.25) is 4.90 Å². The van der Waals surface area contributed by atoms with Crippen molar-refractivity contribution in [3.63, 3.8) is 0 Å². The second kappa shape index (κ2) is 6.78. The van der Waals surface area contributed by atoms with Crippen LogP contribution in [0.5, 0.6) is 0 Å². The van der Waals surface area contributed by atoms with Crippen LogP contribution in [0, 0.1) is 5.92 Å². The van der Waals surface area contributed by atoms with E-state index in [2.05, 4.69) is 5.32 Å². The van der Waals surface area contributed by atoms with Crippen molar-refractivity contribution in [3.05, 3.63) is 34.9 Å². The lowest BCUT2D eigenvalue weighted by Crippen LogP contribution is -2.33. The first kappa shape index (κ1) is 15.6. The second-order valence-corrected chi connectivity index (χ2v) is 5.70. The molecule has 112 valence electrons. The highest BCUT2D eigenvalue weighted by Gasteiger charge is 2.34. The Hall–Kier alpha value is -0.780. The largest absolute Gasteiger partial charge is 0.401 e. The summed E-state index contributed by atoms with van der Waals surface area (Å²) in [6.07, 6.45) is -3.27. The highest BCUT2D eigenvalue weighted by Crippen LogP contribution is 2.22. The Labute approximate surface area is 121 Å². The van der Waals surface area contributed by atoms with Gasteiger partial charge >= 0.3 is 6.18 Å². The molecule has 1 saturated heterocycles. The van der Waals surface area contributed by atoms with Crippen molar-refractivity contribution in [2.24, 2.45) is 5.92 Å². The average Bonchev–Trinajstić information content (AvgIpc) is 2.77. The van der Waals surface area contributed by atoms with Crippen molar-refractivity contribution in [1.29, 1.82) is 0 Å². The van der Waals surface area contributed by atoms with E-state index in [0.717, 1.165) is 18.5 Å². The number of rotatable bonds is 5. The van der Waals surface area contributed by atoms with Crippen molar-refractivity contribution >= 4 is 11.6 Å². The van der Waals surface area contributed by atoms with E-state index in [1.165, 1.54) is 4.90 Å². The van der Waals surface area contributed by atoms with E-state index >= 15 is 0 Å². The summed E-state index contributed by atoms with van der Waals surface area (Å²) in [5.74, 6) is 0.296. The standard InChI is InChI=1S/C14H18ClF3N2/c15-13-3-1-11(2-4-13)7-19-8-12-5-6-20(9-12)10-14(16,17)18/h1-4,12,19H,5-10H2. The monoisotopic (exact) mass is 306 g/mol. The van der Waals surface area contributed by atoms with Gasteiger partial charge in [0.25, 0.3) is 0 Å². The zero-order chi connectivity index (χ0) is 14.6. The number of hydrogen-bond acceptors (Lipinski definition) is 2. The van der Waals surface area contributed by atoms with Crippen LogP contribution in [0.25, 0.3) is 0 Å². The summed E-state index contributed by atoms with van der Waals surface area (Å²) in [7, 11) is 0. The summed E-state index contributed by atoms with van der Waals surface area (Å²) >= 11 is 5.80. The molecule has 1 heterocycles. The van der Waals surface area contributed by atoms with Gasteiger partial charge < -0.3 is 5.32 Å². The van der Waals surface area contributed by atoms with E-state index in [1.54, 1.807) is 0 Å². The minimum absolute atomic E-state index is 0.296. The number of benzene rings is 1. The number of alkyl halides is 3. The molecule has 2 rings (SSSR count). The molecule has 0 aliphatic carbocycles. The molecule has 0 bridgehead atoms. The molecule has 0 amide bonds. The Bertz CT molecular complexity index is 419. The van der Waals surface area contributed by atoms with Crippen LogP contribution < -0.4 is 5.32 Å². The molecule has 0 spiro atoms. The Morgan fingerprint density at radius 3 is 2.60 bits per heavy atom. The smallest absolute Gasteiger partial charge is 0.312 e. The molecular formula is C14H18ClF3N2. The molecule has 0 saturated carbocycles. The predicted octanol–water partition coefficient (Wildman–Crippen LogP) is 3.31. The van der Waals surface area contributed by atoms with Crippen LogP contribution in [0.2, 0.25) is 5.02 Å². The summed E-state index contributed by atoms with van der Waals surface area (Å²) < 4.78 is 36.8. The van der Waals surface area contributed by atoms with Crippen LogP contribution in [0.1, 0.15) is 12.0 Å². The van der Waals surface area contributed by atoms with Gasteiger partial charge in [0.05, 0.1) is 6.54 Å². The number of nitrogens with zero attached hydrogens (tertiary/aromatic N) is 1. The minimum atomic E-state index is -4.09. The first-order chi connectivity index (χ1) is 9.42. The first-order valence-electron chi connectivity index (χ1n) is 6.66. The van der Waals surface area contributed by atoms with Gasteiger partial charge in [-0.05, 0) is 43.1 Å². The molecule has 1 aromatic rings. The van der Waals surface area contributed by atoms with E-state index < -0.39 is 12.7 Å². The predicted molar refractivity (Wildman–Crippen MR) is 73.8 cm³/mol. The van der Waals surface area contributed by atoms with Gasteiger partial charge in [-0.1, -0.05) is 23.7 Å². The molecule has 0 radical (unpaired) electrons. The van der Waals surface area contributed by atoms with Crippen LogP contribution in [-0.4, -0.2) is 37.3 Å². The van der Waals surface area contributed by atoms with E-state index in [0.29, 0.717) is 30.6 Å². The van der Waals surface area contributed by atoms with Crippen LogP contribution in [0.4, 0.5) is 13.2 Å². The summed E-state index contributed by atoms with van der Waals surface area (Å²) in [5, 5.41) is 4.00. The van der Waals surface area contributed by atoms with Crippen LogP contribution in [0.3, 0.4) is 0 Å². The molecule has 20 heavy (non-hydrogen) atoms. The average molecular weight is 307 g/mol. The van der Waals surface area contributed by atoms with Gasteiger partial charge in [-0.15, -0.1) is 0 Å². The third-order valence-corrected chi connectivity index (χ3v) is 3.70. The molecule has 2 nitrogen and oxygen atoms in total. The summed E-state index contributed by atoms with van der Waals surface area (Å²) in [6.45, 7) is 1.73. The second-order valence-electron chi connectivity index (χ2n) is 5.26. The maximum atomic E-state index is 12.3. The molecule has 6 heteroatoms. The highest BCUT2D eigenvalue weighted by atomic mass is 35.5. The molecule has 1 atom stereocenters.